The van der Waals surface area contributed by atoms with Crippen LogP contribution < -0.4 is 9.64 Å². The zero-order valence-electron chi connectivity index (χ0n) is 14.7. The number of imidazole rings is 1. The largest absolute Gasteiger partial charge is 0.474 e. The lowest BCUT2D eigenvalue weighted by molar-refractivity contribution is 0.231. The predicted molar refractivity (Wildman–Crippen MR) is 97.9 cm³/mol. The van der Waals surface area contributed by atoms with Crippen LogP contribution in [0.3, 0.4) is 0 Å². The molecule has 6 heteroatoms. The Kier molecular flexibility index (Phi) is 4.26. The fourth-order valence-electron chi connectivity index (χ4n) is 3.48. The maximum atomic E-state index is 5.70. The molecule has 0 saturated carbocycles. The van der Waals surface area contributed by atoms with E-state index in [0.29, 0.717) is 11.9 Å². The fourth-order valence-corrected chi connectivity index (χ4v) is 3.48. The summed E-state index contributed by atoms with van der Waals surface area (Å²) in [5.41, 5.74) is 2.22. The van der Waals surface area contributed by atoms with Gasteiger partial charge in [-0.05, 0) is 38.8 Å². The Bertz CT molecular complexity index is 860. The zero-order valence-corrected chi connectivity index (χ0v) is 14.7. The van der Waals surface area contributed by atoms with Crippen molar-refractivity contribution in [2.24, 2.45) is 0 Å². The van der Waals surface area contributed by atoms with Crippen molar-refractivity contribution in [2.75, 3.05) is 11.4 Å². The summed E-state index contributed by atoms with van der Waals surface area (Å²) in [4.78, 5) is 15.8. The van der Waals surface area contributed by atoms with Crippen molar-refractivity contribution >= 4 is 16.9 Å². The maximum absolute atomic E-state index is 5.70. The normalized spacial score (nSPS) is 17.6. The van der Waals surface area contributed by atoms with Gasteiger partial charge < -0.3 is 14.2 Å². The number of rotatable bonds is 5. The van der Waals surface area contributed by atoms with Crippen LogP contribution in [-0.4, -0.2) is 38.2 Å². The van der Waals surface area contributed by atoms with E-state index in [0.717, 1.165) is 37.3 Å². The van der Waals surface area contributed by atoms with Crippen molar-refractivity contribution in [1.29, 1.82) is 0 Å². The van der Waals surface area contributed by atoms with Crippen LogP contribution >= 0.6 is 0 Å². The molecule has 1 fully saturated rings. The molecule has 1 aliphatic heterocycles. The standard InChI is InChI=1S/C19H23N5O/c1-14(2)25-19-11-20-10-18(22-19)24-9-5-6-15(24)12-23-13-21-16-7-3-4-8-17(16)23/h3-4,7-8,10-11,13-15H,5-6,9,12H2,1-2H3. The van der Waals surface area contributed by atoms with E-state index in [-0.39, 0.29) is 6.10 Å². The Hall–Kier alpha value is -2.63. The molecule has 0 bridgehead atoms. The molecular formula is C19H23N5O. The highest BCUT2D eigenvalue weighted by molar-refractivity contribution is 5.74. The minimum absolute atomic E-state index is 0.0937. The highest BCUT2D eigenvalue weighted by Gasteiger charge is 2.27. The van der Waals surface area contributed by atoms with E-state index in [1.165, 1.54) is 5.52 Å². The van der Waals surface area contributed by atoms with Crippen LogP contribution in [0, 0.1) is 0 Å². The van der Waals surface area contributed by atoms with Crippen LogP contribution in [0.4, 0.5) is 5.82 Å². The van der Waals surface area contributed by atoms with Gasteiger partial charge in [0, 0.05) is 19.1 Å². The molecule has 0 spiro atoms. The van der Waals surface area contributed by atoms with E-state index >= 15 is 0 Å². The number of hydrogen-bond acceptors (Lipinski definition) is 5. The Morgan fingerprint density at radius 3 is 3.00 bits per heavy atom. The molecule has 6 nitrogen and oxygen atoms in total. The first kappa shape index (κ1) is 15.9. The Morgan fingerprint density at radius 1 is 1.24 bits per heavy atom. The molecule has 4 rings (SSSR count). The zero-order chi connectivity index (χ0) is 17.2. The molecular weight excluding hydrogens is 314 g/mol. The van der Waals surface area contributed by atoms with E-state index in [4.69, 9.17) is 4.74 Å². The number of fused-ring (bicyclic) bond motifs is 1. The summed E-state index contributed by atoms with van der Waals surface area (Å²) in [7, 11) is 0. The van der Waals surface area contributed by atoms with E-state index in [2.05, 4.69) is 42.6 Å². The van der Waals surface area contributed by atoms with Crippen molar-refractivity contribution in [3.63, 3.8) is 0 Å². The summed E-state index contributed by atoms with van der Waals surface area (Å²) in [5, 5.41) is 0. The quantitative estimate of drug-likeness (QED) is 0.715. The smallest absolute Gasteiger partial charge is 0.234 e. The van der Waals surface area contributed by atoms with Gasteiger partial charge in [-0.2, -0.15) is 4.98 Å². The Balaban J connectivity index is 1.56. The number of ether oxygens (including phenoxy) is 1. The van der Waals surface area contributed by atoms with Gasteiger partial charge in [0.05, 0.1) is 35.9 Å². The topological polar surface area (TPSA) is 56.1 Å². The lowest BCUT2D eigenvalue weighted by atomic mass is 10.2. The number of benzene rings is 1. The van der Waals surface area contributed by atoms with Crippen molar-refractivity contribution in [3.05, 3.63) is 43.0 Å². The molecule has 1 aliphatic rings. The number of anilines is 1. The summed E-state index contributed by atoms with van der Waals surface area (Å²) in [6, 6.07) is 8.65. The maximum Gasteiger partial charge on any atom is 0.234 e. The van der Waals surface area contributed by atoms with Gasteiger partial charge in [-0.15, -0.1) is 0 Å². The molecule has 3 heterocycles. The molecule has 1 saturated heterocycles. The summed E-state index contributed by atoms with van der Waals surface area (Å²) in [6.45, 7) is 5.89. The van der Waals surface area contributed by atoms with Gasteiger partial charge in [0.15, 0.2) is 5.82 Å². The van der Waals surface area contributed by atoms with E-state index in [9.17, 15) is 0 Å². The van der Waals surface area contributed by atoms with E-state index in [1.807, 2.05) is 32.4 Å². The summed E-state index contributed by atoms with van der Waals surface area (Å²) in [5.74, 6) is 1.48. The van der Waals surface area contributed by atoms with Crippen LogP contribution in [0.1, 0.15) is 26.7 Å². The van der Waals surface area contributed by atoms with Gasteiger partial charge in [0.1, 0.15) is 0 Å². The molecule has 25 heavy (non-hydrogen) atoms. The van der Waals surface area contributed by atoms with Crippen LogP contribution in [0.5, 0.6) is 5.88 Å². The van der Waals surface area contributed by atoms with Crippen molar-refractivity contribution in [3.8, 4) is 5.88 Å². The van der Waals surface area contributed by atoms with Gasteiger partial charge in [-0.3, -0.25) is 4.98 Å². The van der Waals surface area contributed by atoms with Gasteiger partial charge in [-0.25, -0.2) is 4.98 Å². The minimum Gasteiger partial charge on any atom is -0.474 e. The summed E-state index contributed by atoms with van der Waals surface area (Å²) >= 11 is 0. The van der Waals surface area contributed by atoms with Crippen molar-refractivity contribution in [2.45, 2.75) is 45.4 Å². The van der Waals surface area contributed by atoms with Gasteiger partial charge in [0.25, 0.3) is 0 Å². The lowest BCUT2D eigenvalue weighted by Gasteiger charge is -2.26. The molecule has 130 valence electrons. The van der Waals surface area contributed by atoms with Gasteiger partial charge in [0.2, 0.25) is 5.88 Å². The second kappa shape index (κ2) is 6.70. The average molecular weight is 337 g/mol. The number of aromatic nitrogens is 4. The SMILES string of the molecule is CC(C)Oc1cncc(N2CCCC2Cn2cnc3ccccc32)n1. The van der Waals surface area contributed by atoms with E-state index < -0.39 is 0 Å². The minimum atomic E-state index is 0.0937. The molecule has 1 aromatic carbocycles. The molecule has 0 amide bonds. The van der Waals surface area contributed by atoms with Crippen LogP contribution in [-0.2, 0) is 6.54 Å². The second-order valence-corrected chi connectivity index (χ2v) is 6.76. The third-order valence-corrected chi connectivity index (χ3v) is 4.56. The van der Waals surface area contributed by atoms with Crippen LogP contribution in [0.15, 0.2) is 43.0 Å². The van der Waals surface area contributed by atoms with Crippen LogP contribution in [0.25, 0.3) is 11.0 Å². The lowest BCUT2D eigenvalue weighted by Crippen LogP contribution is -2.33. The highest BCUT2D eigenvalue weighted by atomic mass is 16.5. The molecule has 2 aromatic heterocycles. The first-order valence-corrected chi connectivity index (χ1v) is 8.86. The summed E-state index contributed by atoms with van der Waals surface area (Å²) in [6.07, 6.45) is 7.84. The molecule has 0 N–H and O–H groups in total. The van der Waals surface area contributed by atoms with Crippen molar-refractivity contribution in [1.82, 2.24) is 19.5 Å². The Labute approximate surface area is 147 Å². The predicted octanol–water partition coefficient (Wildman–Crippen LogP) is 3.28. The molecule has 3 aromatic rings. The molecule has 0 radical (unpaired) electrons. The van der Waals surface area contributed by atoms with Gasteiger partial charge >= 0.3 is 0 Å². The Morgan fingerprint density at radius 2 is 2.12 bits per heavy atom. The monoisotopic (exact) mass is 337 g/mol. The molecule has 1 unspecified atom stereocenters. The molecule has 0 aliphatic carbocycles. The highest BCUT2D eigenvalue weighted by Crippen LogP contribution is 2.27. The first-order chi connectivity index (χ1) is 12.2. The van der Waals surface area contributed by atoms with E-state index in [1.54, 1.807) is 6.20 Å². The number of nitrogens with zero attached hydrogens (tertiary/aromatic N) is 5. The number of hydrogen-bond donors (Lipinski definition) is 0. The summed E-state index contributed by atoms with van der Waals surface area (Å²) < 4.78 is 7.93. The average Bonchev–Trinajstić information content (AvgIpc) is 3.22. The van der Waals surface area contributed by atoms with Crippen LogP contribution in [0.2, 0.25) is 0 Å². The number of para-hydroxylation sites is 2. The third kappa shape index (κ3) is 3.29. The first-order valence-electron chi connectivity index (χ1n) is 8.86. The second-order valence-electron chi connectivity index (χ2n) is 6.76. The van der Waals surface area contributed by atoms with Gasteiger partial charge in [-0.1, -0.05) is 12.1 Å². The molecule has 1 atom stereocenters. The third-order valence-electron chi connectivity index (χ3n) is 4.56. The van der Waals surface area contributed by atoms with Crippen molar-refractivity contribution < 1.29 is 4.74 Å². The fraction of sp³-hybridized carbons (Fsp3) is 0.421.